The lowest BCUT2D eigenvalue weighted by Gasteiger charge is -2.52. The molecule has 1 atom stereocenters. The molecule has 1 saturated carbocycles. The predicted octanol–water partition coefficient (Wildman–Crippen LogP) is 2.77. The lowest BCUT2D eigenvalue weighted by Crippen LogP contribution is -2.62. The van der Waals surface area contributed by atoms with E-state index >= 15 is 0 Å². The summed E-state index contributed by atoms with van der Waals surface area (Å²) in [5.74, 6) is 0.322. The van der Waals surface area contributed by atoms with Gasteiger partial charge in [0, 0.05) is 42.8 Å². The second-order valence-electron chi connectivity index (χ2n) is 6.57. The first-order chi connectivity index (χ1) is 10.1. The van der Waals surface area contributed by atoms with Gasteiger partial charge in [0.25, 0.3) is 0 Å². The maximum atomic E-state index is 10.2. The third-order valence-corrected chi connectivity index (χ3v) is 5.31. The van der Waals surface area contributed by atoms with Gasteiger partial charge >= 0.3 is 0 Å². The molecule has 3 rings (SSSR count). The predicted molar refractivity (Wildman–Crippen MR) is 83.6 cm³/mol. The first-order valence-corrected chi connectivity index (χ1v) is 8.12. The Labute approximate surface area is 126 Å². The highest BCUT2D eigenvalue weighted by Crippen LogP contribution is 2.41. The first-order valence-electron chi connectivity index (χ1n) is 8.12. The molecular weight excluding hydrogens is 264 g/mol. The van der Waals surface area contributed by atoms with E-state index in [1.54, 1.807) is 6.07 Å². The van der Waals surface area contributed by atoms with E-state index in [1.165, 1.54) is 38.2 Å². The molecule has 1 unspecified atom stereocenters. The number of phenolic OH excluding ortho intramolecular Hbond substituents is 2. The van der Waals surface area contributed by atoms with Crippen LogP contribution in [-0.2, 0) is 0 Å². The normalized spacial score (nSPS) is 24.0. The van der Waals surface area contributed by atoms with Gasteiger partial charge in [-0.1, -0.05) is 25.3 Å². The molecule has 2 fully saturated rings. The van der Waals surface area contributed by atoms with E-state index < -0.39 is 0 Å². The number of phenols is 2. The monoisotopic (exact) mass is 290 g/mol. The Morgan fingerprint density at radius 3 is 2.67 bits per heavy atom. The summed E-state index contributed by atoms with van der Waals surface area (Å²) in [5, 5.41) is 23.2. The molecule has 4 heteroatoms. The SMILES string of the molecule is CC(c1ccc(O)cc1O)N1CCNCC12CCCCC2. The number of nitrogens with zero attached hydrogens (tertiary/aromatic N) is 1. The molecule has 21 heavy (non-hydrogen) atoms. The van der Waals surface area contributed by atoms with Gasteiger partial charge in [0.2, 0.25) is 0 Å². The highest BCUT2D eigenvalue weighted by molar-refractivity contribution is 5.40. The van der Waals surface area contributed by atoms with Crippen LogP contribution in [0, 0.1) is 0 Å². The van der Waals surface area contributed by atoms with Crippen LogP contribution in [0.5, 0.6) is 11.5 Å². The molecule has 1 aliphatic carbocycles. The molecule has 3 N–H and O–H groups in total. The molecule has 0 aromatic heterocycles. The number of benzene rings is 1. The van der Waals surface area contributed by atoms with Crippen molar-refractivity contribution in [3.05, 3.63) is 23.8 Å². The van der Waals surface area contributed by atoms with Gasteiger partial charge < -0.3 is 15.5 Å². The lowest BCUT2D eigenvalue weighted by molar-refractivity contribution is -0.00337. The summed E-state index contributed by atoms with van der Waals surface area (Å²) in [7, 11) is 0. The van der Waals surface area contributed by atoms with Crippen LogP contribution in [0.3, 0.4) is 0 Å². The van der Waals surface area contributed by atoms with Crippen LogP contribution in [0.1, 0.15) is 50.6 Å². The minimum atomic E-state index is 0.121. The molecule has 1 aromatic rings. The Morgan fingerprint density at radius 2 is 1.95 bits per heavy atom. The van der Waals surface area contributed by atoms with E-state index in [2.05, 4.69) is 17.1 Å². The fraction of sp³-hybridized carbons (Fsp3) is 0.647. The van der Waals surface area contributed by atoms with Crippen molar-refractivity contribution in [3.63, 3.8) is 0 Å². The zero-order chi connectivity index (χ0) is 14.9. The average molecular weight is 290 g/mol. The number of nitrogens with one attached hydrogen (secondary N) is 1. The van der Waals surface area contributed by atoms with Gasteiger partial charge in [-0.05, 0) is 25.8 Å². The Bertz CT molecular complexity index is 489. The fourth-order valence-corrected chi connectivity index (χ4v) is 4.19. The molecule has 116 valence electrons. The van der Waals surface area contributed by atoms with E-state index in [0.717, 1.165) is 25.2 Å². The second-order valence-corrected chi connectivity index (χ2v) is 6.57. The maximum absolute atomic E-state index is 10.2. The van der Waals surface area contributed by atoms with Crippen LogP contribution in [0.25, 0.3) is 0 Å². The summed E-state index contributed by atoms with van der Waals surface area (Å²) in [6, 6.07) is 5.14. The Balaban J connectivity index is 1.88. The van der Waals surface area contributed by atoms with Crippen molar-refractivity contribution >= 4 is 0 Å². The summed E-state index contributed by atoms with van der Waals surface area (Å²) in [5.41, 5.74) is 1.15. The van der Waals surface area contributed by atoms with Gasteiger partial charge in [-0.25, -0.2) is 0 Å². The third-order valence-electron chi connectivity index (χ3n) is 5.31. The quantitative estimate of drug-likeness (QED) is 0.784. The number of rotatable bonds is 2. The number of aromatic hydroxyl groups is 2. The molecular formula is C17H26N2O2. The van der Waals surface area contributed by atoms with Crippen LogP contribution < -0.4 is 5.32 Å². The zero-order valence-electron chi connectivity index (χ0n) is 12.8. The first kappa shape index (κ1) is 14.7. The molecule has 0 radical (unpaired) electrons. The Hall–Kier alpha value is -1.26. The van der Waals surface area contributed by atoms with Crippen molar-refractivity contribution in [3.8, 4) is 11.5 Å². The average Bonchev–Trinajstić information content (AvgIpc) is 2.48. The summed E-state index contributed by atoms with van der Waals surface area (Å²) < 4.78 is 0. The molecule has 4 nitrogen and oxygen atoms in total. The summed E-state index contributed by atoms with van der Waals surface area (Å²) >= 11 is 0. The zero-order valence-corrected chi connectivity index (χ0v) is 12.8. The standard InChI is InChI=1S/C17H26N2O2/c1-13(15-6-5-14(20)11-16(15)21)19-10-9-18-12-17(19)7-3-2-4-8-17/h5-6,11,13,18,20-21H,2-4,7-10,12H2,1H3. The largest absolute Gasteiger partial charge is 0.508 e. The van der Waals surface area contributed by atoms with Crippen LogP contribution >= 0.6 is 0 Å². The molecule has 1 aliphatic heterocycles. The van der Waals surface area contributed by atoms with Crippen molar-refractivity contribution in [2.75, 3.05) is 19.6 Å². The number of piperazine rings is 1. The van der Waals surface area contributed by atoms with Gasteiger partial charge in [-0.2, -0.15) is 0 Å². The van der Waals surface area contributed by atoms with Crippen molar-refractivity contribution < 1.29 is 10.2 Å². The van der Waals surface area contributed by atoms with Crippen molar-refractivity contribution in [1.82, 2.24) is 10.2 Å². The smallest absolute Gasteiger partial charge is 0.124 e. The van der Waals surface area contributed by atoms with Gasteiger partial charge in [0.1, 0.15) is 11.5 Å². The molecule has 2 aliphatic rings. The van der Waals surface area contributed by atoms with E-state index in [-0.39, 0.29) is 23.1 Å². The van der Waals surface area contributed by atoms with Gasteiger partial charge in [0.05, 0.1) is 0 Å². The fourth-order valence-electron chi connectivity index (χ4n) is 4.19. The molecule has 0 amide bonds. The Kier molecular flexibility index (Phi) is 4.09. The summed E-state index contributed by atoms with van der Waals surface area (Å²) in [4.78, 5) is 2.58. The third kappa shape index (κ3) is 2.74. The van der Waals surface area contributed by atoms with E-state index in [4.69, 9.17) is 0 Å². The van der Waals surface area contributed by atoms with Crippen molar-refractivity contribution in [1.29, 1.82) is 0 Å². The molecule has 1 spiro atoms. The number of hydrogen-bond donors (Lipinski definition) is 3. The van der Waals surface area contributed by atoms with Gasteiger partial charge in [-0.15, -0.1) is 0 Å². The molecule has 1 heterocycles. The molecule has 1 aromatic carbocycles. The minimum absolute atomic E-state index is 0.121. The highest BCUT2D eigenvalue weighted by atomic mass is 16.3. The van der Waals surface area contributed by atoms with Gasteiger partial charge in [-0.3, -0.25) is 4.90 Å². The molecule has 0 bridgehead atoms. The Morgan fingerprint density at radius 1 is 1.19 bits per heavy atom. The summed E-state index contributed by atoms with van der Waals surface area (Å²) in [6.45, 7) is 5.25. The topological polar surface area (TPSA) is 55.7 Å². The second kappa shape index (κ2) is 5.85. The highest BCUT2D eigenvalue weighted by Gasteiger charge is 2.42. The van der Waals surface area contributed by atoms with Crippen LogP contribution in [0.2, 0.25) is 0 Å². The van der Waals surface area contributed by atoms with E-state index in [9.17, 15) is 10.2 Å². The van der Waals surface area contributed by atoms with Crippen LogP contribution in [0.15, 0.2) is 18.2 Å². The van der Waals surface area contributed by atoms with Crippen molar-refractivity contribution in [2.45, 2.75) is 50.6 Å². The summed E-state index contributed by atoms with van der Waals surface area (Å²) in [6.07, 6.45) is 6.42. The van der Waals surface area contributed by atoms with Crippen molar-refractivity contribution in [2.24, 2.45) is 0 Å². The van der Waals surface area contributed by atoms with Crippen LogP contribution in [-0.4, -0.2) is 40.3 Å². The van der Waals surface area contributed by atoms with Gasteiger partial charge in [0.15, 0.2) is 0 Å². The van der Waals surface area contributed by atoms with E-state index in [1.807, 2.05) is 6.07 Å². The number of hydrogen-bond acceptors (Lipinski definition) is 4. The van der Waals surface area contributed by atoms with Crippen LogP contribution in [0.4, 0.5) is 0 Å². The van der Waals surface area contributed by atoms with E-state index in [0.29, 0.717) is 0 Å². The minimum Gasteiger partial charge on any atom is -0.508 e. The molecule has 1 saturated heterocycles. The maximum Gasteiger partial charge on any atom is 0.124 e. The lowest BCUT2D eigenvalue weighted by atomic mass is 9.78.